The Morgan fingerprint density at radius 2 is 2.30 bits per heavy atom. The van der Waals surface area contributed by atoms with Crippen LogP contribution in [0.15, 0.2) is 18.6 Å². The lowest BCUT2D eigenvalue weighted by atomic mass is 10.2. The SMILES string of the molecule is OC1(c2ccncn2)CC1. The van der Waals surface area contributed by atoms with Crippen LogP contribution < -0.4 is 0 Å². The summed E-state index contributed by atoms with van der Waals surface area (Å²) in [6.07, 6.45) is 4.79. The van der Waals surface area contributed by atoms with E-state index in [-0.39, 0.29) is 0 Å². The standard InChI is InChI=1S/C7H8N2O/c10-7(2-3-7)6-1-4-8-5-9-6/h1,4-5,10H,2-3H2. The van der Waals surface area contributed by atoms with Gasteiger partial charge in [-0.15, -0.1) is 0 Å². The van der Waals surface area contributed by atoms with Gasteiger partial charge in [0.2, 0.25) is 0 Å². The first-order valence-electron chi connectivity index (χ1n) is 3.30. The van der Waals surface area contributed by atoms with Crippen LogP contribution in [0.25, 0.3) is 0 Å². The van der Waals surface area contributed by atoms with E-state index in [1.165, 1.54) is 6.33 Å². The van der Waals surface area contributed by atoms with Gasteiger partial charge in [0.25, 0.3) is 0 Å². The van der Waals surface area contributed by atoms with Gasteiger partial charge in [-0.05, 0) is 18.9 Å². The minimum absolute atomic E-state index is 0.608. The number of hydrogen-bond acceptors (Lipinski definition) is 3. The van der Waals surface area contributed by atoms with Gasteiger partial charge < -0.3 is 5.11 Å². The number of aliphatic hydroxyl groups is 1. The molecular weight excluding hydrogens is 128 g/mol. The molecule has 1 heterocycles. The highest BCUT2D eigenvalue weighted by molar-refractivity contribution is 5.16. The van der Waals surface area contributed by atoms with Crippen LogP contribution in [0, 0.1) is 0 Å². The van der Waals surface area contributed by atoms with E-state index >= 15 is 0 Å². The molecule has 1 aromatic heterocycles. The molecule has 0 bridgehead atoms. The predicted octanol–water partition coefficient (Wildman–Crippen LogP) is 0.458. The van der Waals surface area contributed by atoms with Crippen molar-refractivity contribution in [1.82, 2.24) is 9.97 Å². The van der Waals surface area contributed by atoms with Crippen molar-refractivity contribution < 1.29 is 5.11 Å². The highest BCUT2D eigenvalue weighted by Crippen LogP contribution is 2.43. The third kappa shape index (κ3) is 0.789. The normalized spacial score (nSPS) is 20.5. The van der Waals surface area contributed by atoms with Crippen LogP contribution in [0.1, 0.15) is 18.5 Å². The first kappa shape index (κ1) is 5.80. The zero-order valence-corrected chi connectivity index (χ0v) is 5.49. The van der Waals surface area contributed by atoms with Crippen LogP contribution >= 0.6 is 0 Å². The maximum atomic E-state index is 9.51. The smallest absolute Gasteiger partial charge is 0.115 e. The molecule has 1 fully saturated rings. The van der Waals surface area contributed by atoms with Crippen molar-refractivity contribution in [3.8, 4) is 0 Å². The average molecular weight is 136 g/mol. The molecule has 3 heteroatoms. The number of aromatic nitrogens is 2. The van der Waals surface area contributed by atoms with Gasteiger partial charge in [-0.3, -0.25) is 0 Å². The molecule has 0 radical (unpaired) electrons. The monoisotopic (exact) mass is 136 g/mol. The summed E-state index contributed by atoms with van der Waals surface area (Å²) < 4.78 is 0. The summed E-state index contributed by atoms with van der Waals surface area (Å²) in [4.78, 5) is 7.72. The van der Waals surface area contributed by atoms with Gasteiger partial charge in [-0.2, -0.15) is 0 Å². The lowest BCUT2D eigenvalue weighted by Gasteiger charge is -2.03. The minimum Gasteiger partial charge on any atom is -0.384 e. The summed E-state index contributed by atoms with van der Waals surface area (Å²) >= 11 is 0. The van der Waals surface area contributed by atoms with Crippen LogP contribution in [0.4, 0.5) is 0 Å². The molecule has 0 aliphatic heterocycles. The Morgan fingerprint density at radius 3 is 2.80 bits per heavy atom. The molecule has 0 aromatic carbocycles. The van der Waals surface area contributed by atoms with Crippen LogP contribution in [0.2, 0.25) is 0 Å². The minimum atomic E-state index is -0.608. The van der Waals surface area contributed by atoms with Gasteiger partial charge >= 0.3 is 0 Å². The van der Waals surface area contributed by atoms with Gasteiger partial charge in [-0.1, -0.05) is 0 Å². The second-order valence-corrected chi connectivity index (χ2v) is 2.63. The fourth-order valence-electron chi connectivity index (χ4n) is 0.941. The van der Waals surface area contributed by atoms with Crippen molar-refractivity contribution in [1.29, 1.82) is 0 Å². The largest absolute Gasteiger partial charge is 0.384 e. The summed E-state index contributed by atoms with van der Waals surface area (Å²) in [5.74, 6) is 0. The molecule has 1 aromatic rings. The highest BCUT2D eigenvalue weighted by Gasteiger charge is 2.43. The summed E-state index contributed by atoms with van der Waals surface area (Å²) in [5.41, 5.74) is 0.144. The molecule has 1 aliphatic rings. The molecule has 0 unspecified atom stereocenters. The van der Waals surface area contributed by atoms with Crippen LogP contribution in [-0.4, -0.2) is 15.1 Å². The molecule has 1 saturated carbocycles. The van der Waals surface area contributed by atoms with Crippen molar-refractivity contribution in [2.24, 2.45) is 0 Å². The first-order chi connectivity index (χ1) is 4.81. The number of hydrogen-bond donors (Lipinski definition) is 1. The Kier molecular flexibility index (Phi) is 1.02. The predicted molar refractivity (Wildman–Crippen MR) is 35.2 cm³/mol. The Balaban J connectivity index is 2.35. The lowest BCUT2D eigenvalue weighted by Crippen LogP contribution is -2.06. The highest BCUT2D eigenvalue weighted by atomic mass is 16.3. The maximum absolute atomic E-state index is 9.51. The molecule has 1 aliphatic carbocycles. The van der Waals surface area contributed by atoms with Gasteiger partial charge in [0.05, 0.1) is 5.69 Å². The molecule has 52 valence electrons. The molecular formula is C7H8N2O. The van der Waals surface area contributed by atoms with Crippen molar-refractivity contribution in [2.45, 2.75) is 18.4 Å². The molecule has 0 atom stereocenters. The second-order valence-electron chi connectivity index (χ2n) is 2.63. The van der Waals surface area contributed by atoms with E-state index in [1.807, 2.05) is 0 Å². The molecule has 0 spiro atoms. The van der Waals surface area contributed by atoms with Gasteiger partial charge in [0.15, 0.2) is 0 Å². The van der Waals surface area contributed by atoms with E-state index < -0.39 is 5.60 Å². The molecule has 3 nitrogen and oxygen atoms in total. The Hall–Kier alpha value is -0.960. The molecule has 10 heavy (non-hydrogen) atoms. The van der Waals surface area contributed by atoms with E-state index in [9.17, 15) is 5.11 Å². The van der Waals surface area contributed by atoms with E-state index in [0.717, 1.165) is 18.5 Å². The van der Waals surface area contributed by atoms with E-state index in [1.54, 1.807) is 12.3 Å². The van der Waals surface area contributed by atoms with Crippen LogP contribution in [0.3, 0.4) is 0 Å². The topological polar surface area (TPSA) is 46.0 Å². The Bertz CT molecular complexity index is 231. The van der Waals surface area contributed by atoms with Crippen molar-refractivity contribution >= 4 is 0 Å². The summed E-state index contributed by atoms with van der Waals surface area (Å²) in [7, 11) is 0. The zero-order chi connectivity index (χ0) is 7.03. The van der Waals surface area contributed by atoms with Crippen molar-refractivity contribution in [3.05, 3.63) is 24.3 Å². The van der Waals surface area contributed by atoms with Gasteiger partial charge in [-0.25, -0.2) is 9.97 Å². The third-order valence-electron chi connectivity index (χ3n) is 1.78. The average Bonchev–Trinajstić information content (AvgIpc) is 2.72. The summed E-state index contributed by atoms with van der Waals surface area (Å²) in [6.45, 7) is 0. The third-order valence-corrected chi connectivity index (χ3v) is 1.78. The molecule has 2 rings (SSSR count). The van der Waals surface area contributed by atoms with Gasteiger partial charge in [0, 0.05) is 6.20 Å². The fourth-order valence-corrected chi connectivity index (χ4v) is 0.941. The van der Waals surface area contributed by atoms with Crippen molar-refractivity contribution in [2.75, 3.05) is 0 Å². The van der Waals surface area contributed by atoms with Crippen LogP contribution in [0.5, 0.6) is 0 Å². The quantitative estimate of drug-likeness (QED) is 0.610. The summed E-state index contributed by atoms with van der Waals surface area (Å²) in [5, 5.41) is 9.51. The second kappa shape index (κ2) is 1.76. The molecule has 0 saturated heterocycles. The lowest BCUT2D eigenvalue weighted by molar-refractivity contribution is 0.146. The molecule has 0 amide bonds. The maximum Gasteiger partial charge on any atom is 0.115 e. The Morgan fingerprint density at radius 1 is 1.50 bits per heavy atom. The fraction of sp³-hybridized carbons (Fsp3) is 0.429. The van der Waals surface area contributed by atoms with Gasteiger partial charge in [0.1, 0.15) is 11.9 Å². The van der Waals surface area contributed by atoms with E-state index in [2.05, 4.69) is 9.97 Å². The van der Waals surface area contributed by atoms with E-state index in [4.69, 9.17) is 0 Å². The Labute approximate surface area is 58.8 Å². The zero-order valence-electron chi connectivity index (χ0n) is 5.49. The first-order valence-corrected chi connectivity index (χ1v) is 3.30. The number of rotatable bonds is 1. The number of nitrogens with zero attached hydrogens (tertiary/aromatic N) is 2. The van der Waals surface area contributed by atoms with Crippen LogP contribution in [-0.2, 0) is 5.60 Å². The molecule has 1 N–H and O–H groups in total. The van der Waals surface area contributed by atoms with Crippen molar-refractivity contribution in [3.63, 3.8) is 0 Å². The van der Waals surface area contributed by atoms with E-state index in [0.29, 0.717) is 0 Å². The summed E-state index contributed by atoms with van der Waals surface area (Å²) in [6, 6.07) is 1.76.